The van der Waals surface area contributed by atoms with Gasteiger partial charge < -0.3 is 29.5 Å². The summed E-state index contributed by atoms with van der Waals surface area (Å²) in [5, 5.41) is 23.6. The van der Waals surface area contributed by atoms with Crippen molar-refractivity contribution in [1.29, 1.82) is 0 Å². The van der Waals surface area contributed by atoms with Crippen LogP contribution in [-0.2, 0) is 13.0 Å². The molecule has 1 fully saturated rings. The van der Waals surface area contributed by atoms with E-state index in [4.69, 9.17) is 14.2 Å². The Labute approximate surface area is 273 Å². The molecule has 5 aromatic rings. The summed E-state index contributed by atoms with van der Waals surface area (Å²) in [4.78, 5) is 11.1. The van der Waals surface area contributed by atoms with Crippen molar-refractivity contribution in [2.75, 3.05) is 26.2 Å². The second-order valence-corrected chi connectivity index (χ2v) is 12.4. The first-order chi connectivity index (χ1) is 22.6. The summed E-state index contributed by atoms with van der Waals surface area (Å²) in [6.07, 6.45) is -4.94. The Kier molecular flexibility index (Phi) is 9.43. The first kappa shape index (κ1) is 32.4. The van der Waals surface area contributed by atoms with Gasteiger partial charge in [-0.25, -0.2) is 0 Å². The Hall–Kier alpha value is -4.53. The normalized spacial score (nSPS) is 18.0. The standard InChI is InChI=1S/C33H33F3N6O4S/c1-42(29-24-15-23(17-33(34,35)36)47-31(24)39-32(38-29)45-3)26-13-21(14-27(26)43)37-18-19-9-11-20(12-10-19)25-16-28(44-2)30(41-40-25)46-22-7-5-4-6-8-22/h4-12,15-16,21,26-27,37,43H,13-14,17-18H2,1-3H3/t21-,26+,27-/m1/s1. The maximum absolute atomic E-state index is 13.1. The van der Waals surface area contributed by atoms with Gasteiger partial charge in [0.05, 0.1) is 43.9 Å². The van der Waals surface area contributed by atoms with Gasteiger partial charge >= 0.3 is 12.2 Å². The van der Waals surface area contributed by atoms with Crippen molar-refractivity contribution in [3.05, 3.63) is 77.2 Å². The second kappa shape index (κ2) is 13.7. The molecule has 0 amide bonds. The van der Waals surface area contributed by atoms with E-state index in [1.807, 2.05) is 59.5 Å². The molecule has 1 aliphatic carbocycles. The van der Waals surface area contributed by atoms with Gasteiger partial charge in [-0.2, -0.15) is 23.1 Å². The molecule has 2 N–H and O–H groups in total. The van der Waals surface area contributed by atoms with Gasteiger partial charge in [0.2, 0.25) is 0 Å². The van der Waals surface area contributed by atoms with E-state index in [9.17, 15) is 18.3 Å². The number of methoxy groups -OCH3 is 2. The minimum atomic E-state index is -4.34. The minimum absolute atomic E-state index is 0.00639. The number of hydrogen-bond acceptors (Lipinski definition) is 11. The van der Waals surface area contributed by atoms with Crippen molar-refractivity contribution >= 4 is 27.4 Å². The van der Waals surface area contributed by atoms with Gasteiger partial charge in [0.1, 0.15) is 16.4 Å². The van der Waals surface area contributed by atoms with Gasteiger partial charge in [-0.1, -0.05) is 42.5 Å². The van der Waals surface area contributed by atoms with Crippen molar-refractivity contribution in [1.82, 2.24) is 25.5 Å². The second-order valence-electron chi connectivity index (χ2n) is 11.3. The van der Waals surface area contributed by atoms with Crippen molar-refractivity contribution in [3.8, 4) is 34.6 Å². The quantitative estimate of drug-likeness (QED) is 0.169. The molecule has 3 atom stereocenters. The highest BCUT2D eigenvalue weighted by Crippen LogP contribution is 2.38. The van der Waals surface area contributed by atoms with Crippen molar-refractivity contribution in [3.63, 3.8) is 0 Å². The summed E-state index contributed by atoms with van der Waals surface area (Å²) < 4.78 is 55.8. The minimum Gasteiger partial charge on any atom is -0.491 e. The van der Waals surface area contributed by atoms with E-state index in [0.717, 1.165) is 22.5 Å². The van der Waals surface area contributed by atoms with Gasteiger partial charge in [-0.05, 0) is 36.6 Å². The number of aliphatic hydroxyl groups is 1. The van der Waals surface area contributed by atoms with Crippen LogP contribution in [0.5, 0.6) is 23.4 Å². The molecule has 47 heavy (non-hydrogen) atoms. The number of anilines is 1. The van der Waals surface area contributed by atoms with Crippen molar-refractivity contribution < 1.29 is 32.5 Å². The predicted octanol–water partition coefficient (Wildman–Crippen LogP) is 6.18. The van der Waals surface area contributed by atoms with Crippen LogP contribution in [0.3, 0.4) is 0 Å². The number of nitrogens with one attached hydrogen (secondary N) is 1. The fourth-order valence-electron chi connectivity index (χ4n) is 5.69. The van der Waals surface area contributed by atoms with Crippen LogP contribution in [0.4, 0.5) is 19.0 Å². The Morgan fingerprint density at radius 1 is 0.979 bits per heavy atom. The molecule has 0 radical (unpaired) electrons. The molecular weight excluding hydrogens is 633 g/mol. The number of fused-ring (bicyclic) bond motifs is 1. The van der Waals surface area contributed by atoms with Crippen LogP contribution in [0.2, 0.25) is 0 Å². The molecule has 0 unspecified atom stereocenters. The average Bonchev–Trinajstić information content (AvgIpc) is 3.64. The molecule has 0 spiro atoms. The number of ether oxygens (including phenoxy) is 3. The lowest BCUT2D eigenvalue weighted by atomic mass is 10.1. The first-order valence-electron chi connectivity index (χ1n) is 14.9. The van der Waals surface area contributed by atoms with E-state index < -0.39 is 18.7 Å². The monoisotopic (exact) mass is 666 g/mol. The van der Waals surface area contributed by atoms with Crippen molar-refractivity contribution in [2.45, 2.75) is 50.2 Å². The molecule has 3 aromatic heterocycles. The number of aromatic nitrogens is 4. The van der Waals surface area contributed by atoms with Crippen LogP contribution in [0.15, 0.2) is 66.7 Å². The molecule has 0 bridgehead atoms. The number of halogens is 3. The highest BCUT2D eigenvalue weighted by atomic mass is 32.1. The van der Waals surface area contributed by atoms with Gasteiger partial charge in [-0.15, -0.1) is 21.5 Å². The summed E-state index contributed by atoms with van der Waals surface area (Å²) in [6, 6.07) is 20.2. The van der Waals surface area contributed by atoms with Crippen LogP contribution in [-0.4, -0.2) is 70.9 Å². The summed E-state index contributed by atoms with van der Waals surface area (Å²) in [5.74, 6) is 1.79. The summed E-state index contributed by atoms with van der Waals surface area (Å²) in [7, 11) is 4.75. The number of thiophene rings is 1. The molecule has 1 aliphatic rings. The molecule has 10 nitrogen and oxygen atoms in total. The largest absolute Gasteiger partial charge is 0.491 e. The Morgan fingerprint density at radius 3 is 2.45 bits per heavy atom. The average molecular weight is 667 g/mol. The van der Waals surface area contributed by atoms with Crippen LogP contribution in [0.1, 0.15) is 23.3 Å². The zero-order valence-corrected chi connectivity index (χ0v) is 26.7. The SMILES string of the molecule is COc1nc(N(C)[C@H]2C[C@@H](NCc3ccc(-c4cc(OC)c(Oc5ccccc5)nn4)cc3)C[C@H]2O)c2cc(CC(F)(F)F)sc2n1. The van der Waals surface area contributed by atoms with Crippen LogP contribution >= 0.6 is 11.3 Å². The van der Waals surface area contributed by atoms with E-state index in [0.29, 0.717) is 52.6 Å². The number of benzene rings is 2. The zero-order chi connectivity index (χ0) is 33.1. The van der Waals surface area contributed by atoms with Crippen LogP contribution in [0.25, 0.3) is 21.5 Å². The number of rotatable bonds is 11. The highest BCUT2D eigenvalue weighted by molar-refractivity contribution is 7.18. The lowest BCUT2D eigenvalue weighted by molar-refractivity contribution is -0.126. The lowest BCUT2D eigenvalue weighted by Crippen LogP contribution is -2.38. The number of aliphatic hydroxyl groups excluding tert-OH is 1. The van der Waals surface area contributed by atoms with Crippen LogP contribution in [0, 0.1) is 0 Å². The summed E-state index contributed by atoms with van der Waals surface area (Å²) >= 11 is 0.965. The number of para-hydroxylation sites is 1. The smallest absolute Gasteiger partial charge is 0.393 e. The van der Waals surface area contributed by atoms with E-state index in [1.165, 1.54) is 13.2 Å². The molecule has 1 saturated carbocycles. The molecule has 2 aromatic carbocycles. The molecule has 0 aliphatic heterocycles. The fraction of sp³-hybridized carbons (Fsp3) is 0.333. The predicted molar refractivity (Wildman–Crippen MR) is 172 cm³/mol. The Bertz CT molecular complexity index is 1820. The van der Waals surface area contributed by atoms with Gasteiger partial charge in [0.15, 0.2) is 5.75 Å². The maximum Gasteiger partial charge on any atom is 0.393 e. The van der Waals surface area contributed by atoms with E-state index in [1.54, 1.807) is 20.2 Å². The van der Waals surface area contributed by atoms with Gasteiger partial charge in [-0.3, -0.25) is 0 Å². The third-order valence-electron chi connectivity index (χ3n) is 8.04. The summed E-state index contributed by atoms with van der Waals surface area (Å²) in [5.41, 5.74) is 2.54. The summed E-state index contributed by atoms with van der Waals surface area (Å²) in [6.45, 7) is 0.573. The number of nitrogens with zero attached hydrogens (tertiary/aromatic N) is 5. The van der Waals surface area contributed by atoms with Gasteiger partial charge in [0, 0.05) is 36.1 Å². The van der Waals surface area contributed by atoms with E-state index >= 15 is 0 Å². The maximum atomic E-state index is 13.1. The van der Waals surface area contributed by atoms with Gasteiger partial charge in [0.25, 0.3) is 5.88 Å². The first-order valence-corrected chi connectivity index (χ1v) is 15.7. The molecule has 246 valence electrons. The highest BCUT2D eigenvalue weighted by Gasteiger charge is 2.37. The molecular formula is C33H33F3N6O4S. The van der Waals surface area contributed by atoms with E-state index in [2.05, 4.69) is 25.5 Å². The lowest BCUT2D eigenvalue weighted by Gasteiger charge is -2.28. The third-order valence-corrected chi connectivity index (χ3v) is 9.07. The number of likely N-dealkylation sites (N-methyl/N-ethyl adjacent to an activating group) is 1. The van der Waals surface area contributed by atoms with Crippen LogP contribution < -0.4 is 24.4 Å². The fourth-order valence-corrected chi connectivity index (χ4v) is 6.74. The number of hydrogen-bond donors (Lipinski definition) is 2. The number of alkyl halides is 3. The Balaban J connectivity index is 1.10. The molecule has 0 saturated heterocycles. The third kappa shape index (κ3) is 7.56. The van der Waals surface area contributed by atoms with Crippen molar-refractivity contribution in [2.24, 2.45) is 0 Å². The zero-order valence-electron chi connectivity index (χ0n) is 25.9. The molecule has 3 heterocycles. The topological polar surface area (TPSA) is 115 Å². The Morgan fingerprint density at radius 2 is 1.74 bits per heavy atom. The molecule has 6 rings (SSSR count). The van der Waals surface area contributed by atoms with E-state index in [-0.39, 0.29) is 28.9 Å². The molecule has 14 heteroatoms.